The van der Waals surface area contributed by atoms with Gasteiger partial charge in [-0.3, -0.25) is 4.79 Å². The summed E-state index contributed by atoms with van der Waals surface area (Å²) < 4.78 is 28.0. The molecule has 0 aliphatic carbocycles. The summed E-state index contributed by atoms with van der Waals surface area (Å²) in [7, 11) is 0. The van der Waals surface area contributed by atoms with Gasteiger partial charge in [-0.25, -0.2) is 13.8 Å². The van der Waals surface area contributed by atoms with Crippen molar-refractivity contribution in [2.75, 3.05) is 6.54 Å². The number of rotatable bonds is 2. The third-order valence-electron chi connectivity index (χ3n) is 4.60. The summed E-state index contributed by atoms with van der Waals surface area (Å²) in [4.78, 5) is 19.4. The average Bonchev–Trinajstić information content (AvgIpc) is 3.08. The molecular weight excluding hydrogens is 378 g/mol. The molecule has 0 spiro atoms. The summed E-state index contributed by atoms with van der Waals surface area (Å²) in [6.45, 7) is 0.536. The van der Waals surface area contributed by atoms with E-state index in [0.29, 0.717) is 6.54 Å². The monoisotopic (exact) mass is 392 g/mol. The predicted octanol–water partition coefficient (Wildman–Crippen LogP) is 5.60. The van der Waals surface area contributed by atoms with Gasteiger partial charge in [0.05, 0.1) is 26.8 Å². The van der Waals surface area contributed by atoms with E-state index in [1.165, 1.54) is 0 Å². The predicted molar refractivity (Wildman–Crippen MR) is 98.6 cm³/mol. The highest BCUT2D eigenvalue weighted by Crippen LogP contribution is 2.37. The Balaban J connectivity index is 1.71. The van der Waals surface area contributed by atoms with E-state index in [-0.39, 0.29) is 16.6 Å². The Kier molecular flexibility index (Phi) is 4.63. The lowest BCUT2D eigenvalue weighted by Crippen LogP contribution is -2.38. The van der Waals surface area contributed by atoms with E-state index in [1.807, 2.05) is 24.3 Å². The first-order valence-corrected chi connectivity index (χ1v) is 9.55. The maximum Gasteiger partial charge on any atom is 0.256 e. The summed E-state index contributed by atoms with van der Waals surface area (Å²) in [5, 5.41) is 0.778. The number of aromatic nitrogens is 1. The molecule has 0 unspecified atom stereocenters. The smallest absolute Gasteiger partial charge is 0.256 e. The minimum absolute atomic E-state index is 0.0152. The van der Waals surface area contributed by atoms with Crippen LogP contribution < -0.4 is 0 Å². The van der Waals surface area contributed by atoms with E-state index in [1.54, 1.807) is 16.2 Å². The molecule has 1 aliphatic rings. The summed E-state index contributed by atoms with van der Waals surface area (Å²) in [6, 6.07) is 9.36. The normalized spacial score (nSPS) is 17.7. The second-order valence-corrected chi connectivity index (χ2v) is 7.75. The van der Waals surface area contributed by atoms with Crippen molar-refractivity contribution in [2.45, 2.75) is 25.3 Å². The molecule has 1 atom stereocenters. The van der Waals surface area contributed by atoms with Crippen LogP contribution in [0.25, 0.3) is 10.2 Å². The Labute approximate surface area is 158 Å². The van der Waals surface area contributed by atoms with Crippen molar-refractivity contribution in [3.63, 3.8) is 0 Å². The number of hydrogen-bond donors (Lipinski definition) is 0. The molecule has 0 saturated carbocycles. The zero-order valence-electron chi connectivity index (χ0n) is 13.7. The van der Waals surface area contributed by atoms with Gasteiger partial charge in [0, 0.05) is 6.54 Å². The number of amides is 1. The van der Waals surface area contributed by atoms with Crippen LogP contribution in [-0.4, -0.2) is 22.3 Å². The number of carbonyl (C=O) groups excluding carboxylic acids is 1. The van der Waals surface area contributed by atoms with Crippen LogP contribution in [0.3, 0.4) is 0 Å². The number of hydrogen-bond acceptors (Lipinski definition) is 3. The highest BCUT2D eigenvalue weighted by molar-refractivity contribution is 7.18. The Hall–Kier alpha value is -2.05. The average molecular weight is 393 g/mol. The minimum Gasteiger partial charge on any atom is -0.329 e. The summed E-state index contributed by atoms with van der Waals surface area (Å²) >= 11 is 7.56. The zero-order chi connectivity index (χ0) is 18.3. The lowest BCUT2D eigenvalue weighted by Gasteiger charge is -2.34. The van der Waals surface area contributed by atoms with E-state index < -0.39 is 17.5 Å². The number of piperidine rings is 1. The van der Waals surface area contributed by atoms with Crippen molar-refractivity contribution in [2.24, 2.45) is 0 Å². The van der Waals surface area contributed by atoms with Gasteiger partial charge in [-0.15, -0.1) is 11.3 Å². The highest BCUT2D eigenvalue weighted by Gasteiger charge is 2.32. The highest BCUT2D eigenvalue weighted by atomic mass is 35.5. The van der Waals surface area contributed by atoms with Gasteiger partial charge in [-0.2, -0.15) is 0 Å². The van der Waals surface area contributed by atoms with Crippen molar-refractivity contribution in [1.82, 2.24) is 9.88 Å². The van der Waals surface area contributed by atoms with Crippen LogP contribution in [0.1, 0.15) is 40.7 Å². The van der Waals surface area contributed by atoms with Crippen LogP contribution in [0.5, 0.6) is 0 Å². The standard InChI is InChI=1S/C19H15ClF2N2OS/c20-12-10-14(22)13(21)9-11(12)19(25)24-8-4-3-6-16(24)18-23-15-5-1-2-7-17(15)26-18/h1-2,5,7,9-10,16H,3-4,6,8H2/t16-/m0/s1. The number of halogens is 3. The fourth-order valence-corrected chi connectivity index (χ4v) is 4.65. The summed E-state index contributed by atoms with van der Waals surface area (Å²) in [5.41, 5.74) is 0.884. The van der Waals surface area contributed by atoms with E-state index in [2.05, 4.69) is 4.98 Å². The van der Waals surface area contributed by atoms with Crippen LogP contribution in [0, 0.1) is 11.6 Å². The molecule has 4 rings (SSSR count). The number of carbonyl (C=O) groups is 1. The SMILES string of the molecule is O=C(c1cc(F)c(F)cc1Cl)N1CCCC[C@H]1c1nc2ccccc2s1. The first-order chi connectivity index (χ1) is 12.5. The molecule has 26 heavy (non-hydrogen) atoms. The molecule has 1 aromatic heterocycles. The van der Waals surface area contributed by atoms with Crippen molar-refractivity contribution in [3.8, 4) is 0 Å². The van der Waals surface area contributed by atoms with Gasteiger partial charge in [0.15, 0.2) is 11.6 Å². The molecule has 1 saturated heterocycles. The first-order valence-electron chi connectivity index (χ1n) is 8.35. The molecule has 2 heterocycles. The minimum atomic E-state index is -1.08. The molecule has 2 aromatic carbocycles. The van der Waals surface area contributed by atoms with Crippen molar-refractivity contribution < 1.29 is 13.6 Å². The fourth-order valence-electron chi connectivity index (χ4n) is 3.31. The van der Waals surface area contributed by atoms with Crippen molar-refractivity contribution in [1.29, 1.82) is 0 Å². The van der Waals surface area contributed by atoms with Gasteiger partial charge in [-0.1, -0.05) is 23.7 Å². The molecule has 1 amide bonds. The number of thiazole rings is 1. The second-order valence-electron chi connectivity index (χ2n) is 6.28. The van der Waals surface area contributed by atoms with Crippen molar-refractivity contribution >= 4 is 39.1 Å². The number of likely N-dealkylation sites (tertiary alicyclic amines) is 1. The Bertz CT molecular complexity index is 958. The maximum absolute atomic E-state index is 13.6. The molecule has 3 aromatic rings. The van der Waals surface area contributed by atoms with Crippen LogP contribution in [0.15, 0.2) is 36.4 Å². The molecular formula is C19H15ClF2N2OS. The van der Waals surface area contributed by atoms with Gasteiger partial charge in [0.25, 0.3) is 5.91 Å². The maximum atomic E-state index is 13.6. The Morgan fingerprint density at radius 1 is 1.19 bits per heavy atom. The van der Waals surface area contributed by atoms with Crippen LogP contribution in [0.4, 0.5) is 8.78 Å². The number of para-hydroxylation sites is 1. The second kappa shape index (κ2) is 6.93. The number of benzene rings is 2. The zero-order valence-corrected chi connectivity index (χ0v) is 15.3. The quantitative estimate of drug-likeness (QED) is 0.532. The first kappa shape index (κ1) is 17.4. The van der Waals surface area contributed by atoms with Gasteiger partial charge in [-0.05, 0) is 43.5 Å². The third-order valence-corrected chi connectivity index (χ3v) is 6.05. The van der Waals surface area contributed by atoms with Crippen LogP contribution in [0.2, 0.25) is 5.02 Å². The summed E-state index contributed by atoms with van der Waals surface area (Å²) in [6.07, 6.45) is 2.62. The van der Waals surface area contributed by atoms with Crippen LogP contribution >= 0.6 is 22.9 Å². The molecule has 0 bridgehead atoms. The van der Waals surface area contributed by atoms with E-state index in [0.717, 1.165) is 46.6 Å². The van der Waals surface area contributed by atoms with Gasteiger partial charge in [0.2, 0.25) is 0 Å². The molecule has 1 fully saturated rings. The molecule has 134 valence electrons. The van der Waals surface area contributed by atoms with Gasteiger partial charge >= 0.3 is 0 Å². The van der Waals surface area contributed by atoms with Crippen LogP contribution in [-0.2, 0) is 0 Å². The van der Waals surface area contributed by atoms with Gasteiger partial charge < -0.3 is 4.90 Å². The lowest BCUT2D eigenvalue weighted by molar-refractivity contribution is 0.0611. The topological polar surface area (TPSA) is 33.2 Å². The molecule has 1 aliphatic heterocycles. The van der Waals surface area contributed by atoms with E-state index >= 15 is 0 Å². The molecule has 0 radical (unpaired) electrons. The van der Waals surface area contributed by atoms with E-state index in [4.69, 9.17) is 11.6 Å². The van der Waals surface area contributed by atoms with E-state index in [9.17, 15) is 13.6 Å². The Morgan fingerprint density at radius 3 is 2.77 bits per heavy atom. The third kappa shape index (κ3) is 3.08. The number of fused-ring (bicyclic) bond motifs is 1. The van der Waals surface area contributed by atoms with Crippen molar-refractivity contribution in [3.05, 3.63) is 63.6 Å². The Morgan fingerprint density at radius 2 is 1.96 bits per heavy atom. The lowest BCUT2D eigenvalue weighted by atomic mass is 10.0. The van der Waals surface area contributed by atoms with Gasteiger partial charge in [0.1, 0.15) is 5.01 Å². The summed E-state index contributed by atoms with van der Waals surface area (Å²) in [5.74, 6) is -2.53. The molecule has 7 heteroatoms. The largest absolute Gasteiger partial charge is 0.329 e. The molecule has 3 nitrogen and oxygen atoms in total. The number of nitrogens with zero attached hydrogens (tertiary/aromatic N) is 2. The molecule has 0 N–H and O–H groups in total. The fraction of sp³-hybridized carbons (Fsp3) is 0.263.